The van der Waals surface area contributed by atoms with Crippen LogP contribution in [0, 0.1) is 0 Å². The van der Waals surface area contributed by atoms with Crippen LogP contribution >= 0.6 is 0 Å². The van der Waals surface area contributed by atoms with E-state index in [0.29, 0.717) is 6.54 Å². The zero-order valence-corrected chi connectivity index (χ0v) is 5.00. The molecule has 1 heterocycles. The van der Waals surface area contributed by atoms with E-state index in [4.69, 9.17) is 5.84 Å². The highest BCUT2D eigenvalue weighted by atomic mass is 16.2. The summed E-state index contributed by atoms with van der Waals surface area (Å²) in [6.45, 7) is 0.586. The number of carbonyl (C=O) groups excluding carboxylic acids is 1. The number of nitrogens with zero attached hydrogens (tertiary/aromatic N) is 1. The monoisotopic (exact) mass is 127 g/mol. The van der Waals surface area contributed by atoms with Crippen molar-refractivity contribution in [3.63, 3.8) is 0 Å². The summed E-state index contributed by atoms with van der Waals surface area (Å²) in [5.41, 5.74) is 0. The summed E-state index contributed by atoms with van der Waals surface area (Å²) in [7, 11) is 0. The SMILES string of the molecule is NN1CCC=CNC1=O. The van der Waals surface area contributed by atoms with Crippen LogP contribution in [0.1, 0.15) is 6.42 Å². The lowest BCUT2D eigenvalue weighted by atomic mass is 10.4. The quantitative estimate of drug-likeness (QED) is 0.349. The van der Waals surface area contributed by atoms with E-state index in [1.165, 1.54) is 0 Å². The second kappa shape index (κ2) is 2.50. The number of nitrogens with two attached hydrogens (primary N) is 1. The van der Waals surface area contributed by atoms with Crippen molar-refractivity contribution in [3.8, 4) is 0 Å². The molecule has 3 N–H and O–H groups in total. The van der Waals surface area contributed by atoms with Crippen LogP contribution in [-0.4, -0.2) is 17.6 Å². The lowest BCUT2D eigenvalue weighted by Crippen LogP contribution is -2.41. The number of urea groups is 1. The van der Waals surface area contributed by atoms with Gasteiger partial charge in [-0.1, -0.05) is 6.08 Å². The lowest BCUT2D eigenvalue weighted by Gasteiger charge is -2.11. The van der Waals surface area contributed by atoms with Crippen LogP contribution in [0.15, 0.2) is 12.3 Å². The molecule has 0 spiro atoms. The van der Waals surface area contributed by atoms with Crippen LogP contribution in [0.4, 0.5) is 4.79 Å². The molecule has 0 unspecified atom stereocenters. The molecule has 1 rings (SSSR count). The molecule has 2 amide bonds. The summed E-state index contributed by atoms with van der Waals surface area (Å²) >= 11 is 0. The van der Waals surface area contributed by atoms with Crippen LogP contribution in [0.25, 0.3) is 0 Å². The number of hydrazine groups is 1. The summed E-state index contributed by atoms with van der Waals surface area (Å²) in [5, 5.41) is 3.63. The Morgan fingerprint density at radius 2 is 2.56 bits per heavy atom. The minimum atomic E-state index is -0.247. The molecule has 1 aliphatic heterocycles. The van der Waals surface area contributed by atoms with E-state index in [1.54, 1.807) is 6.20 Å². The molecule has 0 aromatic heterocycles. The maximum Gasteiger partial charge on any atom is 0.335 e. The fraction of sp³-hybridized carbons (Fsp3) is 0.400. The fourth-order valence-corrected chi connectivity index (χ4v) is 0.612. The molecule has 50 valence electrons. The van der Waals surface area contributed by atoms with Crippen molar-refractivity contribution in [2.75, 3.05) is 6.54 Å². The molecule has 0 radical (unpaired) electrons. The molecule has 4 nitrogen and oxygen atoms in total. The largest absolute Gasteiger partial charge is 0.335 e. The van der Waals surface area contributed by atoms with Gasteiger partial charge in [0, 0.05) is 12.7 Å². The van der Waals surface area contributed by atoms with E-state index in [1.807, 2.05) is 6.08 Å². The Bertz CT molecular complexity index is 143. The van der Waals surface area contributed by atoms with Gasteiger partial charge in [-0.3, -0.25) is 5.01 Å². The first-order chi connectivity index (χ1) is 4.30. The van der Waals surface area contributed by atoms with Gasteiger partial charge in [0.05, 0.1) is 0 Å². The Labute approximate surface area is 53.3 Å². The second-order valence-electron chi connectivity index (χ2n) is 1.83. The van der Waals surface area contributed by atoms with Crippen molar-refractivity contribution in [1.29, 1.82) is 0 Å². The predicted octanol–water partition coefficient (Wildman–Crippen LogP) is -0.211. The topological polar surface area (TPSA) is 58.4 Å². The standard InChI is InChI=1S/C5H9N3O/c6-8-4-2-1-3-7-5(8)9/h1,3H,2,4,6H2,(H,7,9). The molecule has 0 atom stereocenters. The Morgan fingerprint density at radius 3 is 3.33 bits per heavy atom. The van der Waals surface area contributed by atoms with Gasteiger partial charge < -0.3 is 5.32 Å². The van der Waals surface area contributed by atoms with Gasteiger partial charge in [-0.2, -0.15) is 0 Å². The molecule has 0 saturated carbocycles. The highest BCUT2D eigenvalue weighted by Crippen LogP contribution is 1.91. The summed E-state index contributed by atoms with van der Waals surface area (Å²) < 4.78 is 0. The van der Waals surface area contributed by atoms with E-state index in [-0.39, 0.29) is 6.03 Å². The van der Waals surface area contributed by atoms with Crippen molar-refractivity contribution in [3.05, 3.63) is 12.3 Å². The average Bonchev–Trinajstić information content (AvgIpc) is 1.99. The van der Waals surface area contributed by atoms with Gasteiger partial charge in [0.25, 0.3) is 0 Å². The number of carbonyl (C=O) groups is 1. The van der Waals surface area contributed by atoms with Gasteiger partial charge in [-0.25, -0.2) is 10.6 Å². The fourth-order valence-electron chi connectivity index (χ4n) is 0.612. The van der Waals surface area contributed by atoms with Crippen molar-refractivity contribution in [2.24, 2.45) is 5.84 Å². The number of amides is 2. The van der Waals surface area contributed by atoms with Crippen molar-refractivity contribution in [1.82, 2.24) is 10.3 Å². The van der Waals surface area contributed by atoms with Gasteiger partial charge in [0.15, 0.2) is 0 Å². The summed E-state index contributed by atoms with van der Waals surface area (Å²) in [5.74, 6) is 5.26. The average molecular weight is 127 g/mol. The van der Waals surface area contributed by atoms with E-state index >= 15 is 0 Å². The second-order valence-corrected chi connectivity index (χ2v) is 1.83. The molecular formula is C5H9N3O. The molecule has 0 saturated heterocycles. The van der Waals surface area contributed by atoms with E-state index in [0.717, 1.165) is 11.4 Å². The van der Waals surface area contributed by atoms with Gasteiger partial charge in [-0.05, 0) is 6.42 Å². The smallest absolute Gasteiger partial charge is 0.314 e. The van der Waals surface area contributed by atoms with Gasteiger partial charge in [0.1, 0.15) is 0 Å². The van der Waals surface area contributed by atoms with Crippen LogP contribution in [0.3, 0.4) is 0 Å². The normalized spacial score (nSPS) is 19.2. The molecular weight excluding hydrogens is 118 g/mol. The molecule has 0 aliphatic carbocycles. The number of nitrogens with one attached hydrogen (secondary N) is 1. The zero-order chi connectivity index (χ0) is 6.69. The third kappa shape index (κ3) is 1.43. The highest BCUT2D eigenvalue weighted by molar-refractivity contribution is 5.74. The maximum atomic E-state index is 10.7. The summed E-state index contributed by atoms with van der Waals surface area (Å²) in [6, 6.07) is -0.247. The van der Waals surface area contributed by atoms with Crippen molar-refractivity contribution < 1.29 is 4.79 Å². The highest BCUT2D eigenvalue weighted by Gasteiger charge is 2.07. The summed E-state index contributed by atoms with van der Waals surface area (Å²) in [6.07, 6.45) is 4.29. The maximum absolute atomic E-state index is 10.7. The van der Waals surface area contributed by atoms with Crippen LogP contribution in [0.2, 0.25) is 0 Å². The number of hydrogen-bond donors (Lipinski definition) is 2. The molecule has 4 heteroatoms. The molecule has 9 heavy (non-hydrogen) atoms. The first-order valence-electron chi connectivity index (χ1n) is 2.78. The minimum Gasteiger partial charge on any atom is -0.314 e. The molecule has 0 aromatic rings. The molecule has 0 fully saturated rings. The molecule has 0 bridgehead atoms. The molecule has 1 aliphatic rings. The van der Waals surface area contributed by atoms with Crippen LogP contribution < -0.4 is 11.2 Å². The first-order valence-corrected chi connectivity index (χ1v) is 2.78. The Balaban J connectivity index is 2.52. The number of rotatable bonds is 0. The van der Waals surface area contributed by atoms with Crippen LogP contribution in [0.5, 0.6) is 0 Å². The summed E-state index contributed by atoms with van der Waals surface area (Å²) in [4.78, 5) is 10.7. The van der Waals surface area contributed by atoms with Gasteiger partial charge in [-0.15, -0.1) is 0 Å². The van der Waals surface area contributed by atoms with E-state index in [2.05, 4.69) is 5.32 Å². The third-order valence-corrected chi connectivity index (χ3v) is 1.12. The predicted molar refractivity (Wildman–Crippen MR) is 33.2 cm³/mol. The molecule has 0 aromatic carbocycles. The third-order valence-electron chi connectivity index (χ3n) is 1.12. The van der Waals surface area contributed by atoms with Gasteiger partial charge >= 0.3 is 6.03 Å². The minimum absolute atomic E-state index is 0.247. The first kappa shape index (κ1) is 6.10. The lowest BCUT2D eigenvalue weighted by molar-refractivity contribution is 0.205. The van der Waals surface area contributed by atoms with E-state index < -0.39 is 0 Å². The van der Waals surface area contributed by atoms with Gasteiger partial charge in [0.2, 0.25) is 0 Å². The van der Waals surface area contributed by atoms with Crippen LogP contribution in [-0.2, 0) is 0 Å². The van der Waals surface area contributed by atoms with E-state index in [9.17, 15) is 4.79 Å². The van der Waals surface area contributed by atoms with Crippen molar-refractivity contribution >= 4 is 6.03 Å². The Kier molecular flexibility index (Phi) is 1.69. The van der Waals surface area contributed by atoms with Crippen molar-refractivity contribution in [2.45, 2.75) is 6.42 Å². The Morgan fingerprint density at radius 1 is 1.78 bits per heavy atom. The number of hydrogen-bond acceptors (Lipinski definition) is 2. The Hall–Kier alpha value is -1.03. The zero-order valence-electron chi connectivity index (χ0n) is 5.00.